The van der Waals surface area contributed by atoms with Crippen LogP contribution in [0.5, 0.6) is 0 Å². The molecule has 0 N–H and O–H groups in total. The summed E-state index contributed by atoms with van der Waals surface area (Å²) in [6.07, 6.45) is 0.371. The van der Waals surface area contributed by atoms with Crippen molar-refractivity contribution in [1.29, 1.82) is 0 Å². The lowest BCUT2D eigenvalue weighted by Crippen LogP contribution is -2.04. The number of para-hydroxylation sites is 1. The van der Waals surface area contributed by atoms with E-state index in [2.05, 4.69) is 11.1 Å². The fraction of sp³-hybridized carbons (Fsp3) is 0.111. The van der Waals surface area contributed by atoms with Crippen molar-refractivity contribution in [3.05, 3.63) is 77.5 Å². The lowest BCUT2D eigenvalue weighted by Gasteiger charge is -2.10. The van der Waals surface area contributed by atoms with Gasteiger partial charge < -0.3 is 4.74 Å². The Morgan fingerprint density at radius 3 is 2.71 bits per heavy atom. The number of pyridine rings is 1. The molecule has 3 nitrogen and oxygen atoms in total. The van der Waals surface area contributed by atoms with Gasteiger partial charge in [-0.2, -0.15) is 0 Å². The predicted molar refractivity (Wildman–Crippen MR) is 80.0 cm³/mol. The van der Waals surface area contributed by atoms with Gasteiger partial charge in [-0.05, 0) is 18.2 Å². The Labute approximate surface area is 122 Å². The van der Waals surface area contributed by atoms with Crippen LogP contribution in [-0.4, -0.2) is 11.0 Å². The second-order valence-corrected chi connectivity index (χ2v) is 5.18. The fourth-order valence-corrected chi connectivity index (χ4v) is 2.78. The minimum Gasteiger partial charge on any atom is -0.453 e. The van der Waals surface area contributed by atoms with Crippen LogP contribution in [0.4, 0.5) is 0 Å². The van der Waals surface area contributed by atoms with Gasteiger partial charge in [0.05, 0.1) is 11.1 Å². The van der Waals surface area contributed by atoms with Gasteiger partial charge in [0.2, 0.25) is 0 Å². The normalized spacial score (nSPS) is 16.8. The Balaban J connectivity index is 1.68. The topological polar surface area (TPSA) is 39.2 Å². The van der Waals surface area contributed by atoms with Gasteiger partial charge in [-0.1, -0.05) is 42.5 Å². The molecule has 2 aromatic carbocycles. The molecule has 0 radical (unpaired) electrons. The summed E-state index contributed by atoms with van der Waals surface area (Å²) in [5.74, 6) is -0.239. The SMILES string of the molecule is O=C1OC(Cc2ccc3ccccc3n2)c2ccccc21. The number of aromatic nitrogens is 1. The van der Waals surface area contributed by atoms with Gasteiger partial charge in [-0.3, -0.25) is 4.98 Å². The van der Waals surface area contributed by atoms with Crippen molar-refractivity contribution in [1.82, 2.24) is 4.98 Å². The number of ether oxygens (including phenoxy) is 1. The molecule has 1 atom stereocenters. The van der Waals surface area contributed by atoms with E-state index in [1.165, 1.54) is 0 Å². The number of carbonyl (C=O) groups is 1. The van der Waals surface area contributed by atoms with E-state index in [-0.39, 0.29) is 12.1 Å². The van der Waals surface area contributed by atoms with E-state index in [1.54, 1.807) is 0 Å². The van der Waals surface area contributed by atoms with Gasteiger partial charge in [-0.15, -0.1) is 0 Å². The third-order valence-electron chi connectivity index (χ3n) is 3.83. The maximum Gasteiger partial charge on any atom is 0.339 e. The molecule has 21 heavy (non-hydrogen) atoms. The van der Waals surface area contributed by atoms with E-state index in [0.29, 0.717) is 12.0 Å². The number of benzene rings is 2. The lowest BCUT2D eigenvalue weighted by molar-refractivity contribution is 0.0385. The van der Waals surface area contributed by atoms with Gasteiger partial charge in [0, 0.05) is 23.1 Å². The maximum atomic E-state index is 11.8. The van der Waals surface area contributed by atoms with Crippen LogP contribution in [0.25, 0.3) is 10.9 Å². The molecule has 1 aliphatic rings. The number of hydrogen-bond donors (Lipinski definition) is 0. The van der Waals surface area contributed by atoms with Crippen LogP contribution in [0.3, 0.4) is 0 Å². The van der Waals surface area contributed by atoms with Crippen molar-refractivity contribution in [3.63, 3.8) is 0 Å². The highest BCUT2D eigenvalue weighted by atomic mass is 16.5. The molecule has 0 bridgehead atoms. The van der Waals surface area contributed by atoms with Crippen molar-refractivity contribution in [2.45, 2.75) is 12.5 Å². The summed E-state index contributed by atoms with van der Waals surface area (Å²) >= 11 is 0. The predicted octanol–water partition coefficient (Wildman–Crippen LogP) is 3.69. The first-order chi connectivity index (χ1) is 10.3. The molecule has 0 aliphatic carbocycles. The number of carbonyl (C=O) groups excluding carboxylic acids is 1. The van der Waals surface area contributed by atoms with Crippen LogP contribution in [-0.2, 0) is 11.2 Å². The molecule has 102 valence electrons. The summed E-state index contributed by atoms with van der Waals surface area (Å²) in [7, 11) is 0. The number of fused-ring (bicyclic) bond motifs is 2. The molecule has 1 aliphatic heterocycles. The number of cyclic esters (lactones) is 1. The highest BCUT2D eigenvalue weighted by Gasteiger charge is 2.30. The molecule has 3 aromatic rings. The van der Waals surface area contributed by atoms with Crippen molar-refractivity contribution in [2.24, 2.45) is 0 Å². The van der Waals surface area contributed by atoms with Crippen LogP contribution in [0.15, 0.2) is 60.7 Å². The third-order valence-corrected chi connectivity index (χ3v) is 3.83. The first kappa shape index (κ1) is 12.1. The first-order valence-corrected chi connectivity index (χ1v) is 6.96. The fourth-order valence-electron chi connectivity index (χ4n) is 2.78. The van der Waals surface area contributed by atoms with E-state index < -0.39 is 0 Å². The minimum atomic E-state index is -0.239. The van der Waals surface area contributed by atoms with Gasteiger partial charge in [0.1, 0.15) is 6.10 Å². The number of esters is 1. The summed E-state index contributed by atoms with van der Waals surface area (Å²) in [6.45, 7) is 0. The summed E-state index contributed by atoms with van der Waals surface area (Å²) < 4.78 is 5.47. The average molecular weight is 275 g/mol. The van der Waals surface area contributed by atoms with Crippen LogP contribution in [0, 0.1) is 0 Å². The largest absolute Gasteiger partial charge is 0.453 e. The molecule has 0 fully saturated rings. The summed E-state index contributed by atoms with van der Waals surface area (Å²) in [4.78, 5) is 16.5. The molecule has 1 aromatic heterocycles. The zero-order valence-corrected chi connectivity index (χ0v) is 11.3. The van der Waals surface area contributed by atoms with Crippen LogP contribution in [0.1, 0.15) is 27.7 Å². The molecular weight excluding hydrogens is 262 g/mol. The lowest BCUT2D eigenvalue weighted by atomic mass is 10.0. The van der Waals surface area contributed by atoms with Crippen LogP contribution < -0.4 is 0 Å². The van der Waals surface area contributed by atoms with Crippen molar-refractivity contribution < 1.29 is 9.53 Å². The maximum absolute atomic E-state index is 11.8. The van der Waals surface area contributed by atoms with Crippen LogP contribution >= 0.6 is 0 Å². The Kier molecular flexibility index (Phi) is 2.71. The van der Waals surface area contributed by atoms with Crippen molar-refractivity contribution in [3.8, 4) is 0 Å². The Morgan fingerprint density at radius 1 is 0.952 bits per heavy atom. The molecule has 0 amide bonds. The average Bonchev–Trinajstić information content (AvgIpc) is 2.84. The van der Waals surface area contributed by atoms with E-state index in [9.17, 15) is 4.79 Å². The number of nitrogens with zero attached hydrogens (tertiary/aromatic N) is 1. The second-order valence-electron chi connectivity index (χ2n) is 5.18. The highest BCUT2D eigenvalue weighted by Crippen LogP contribution is 2.32. The van der Waals surface area contributed by atoms with Crippen molar-refractivity contribution >= 4 is 16.9 Å². The first-order valence-electron chi connectivity index (χ1n) is 6.96. The molecule has 1 unspecified atom stereocenters. The van der Waals surface area contributed by atoms with Crippen molar-refractivity contribution in [2.75, 3.05) is 0 Å². The summed E-state index contributed by atoms with van der Waals surface area (Å²) in [6, 6.07) is 19.6. The number of hydrogen-bond acceptors (Lipinski definition) is 3. The summed E-state index contributed by atoms with van der Waals surface area (Å²) in [5, 5.41) is 1.12. The molecule has 3 heteroatoms. The van der Waals surface area contributed by atoms with Gasteiger partial charge in [0.25, 0.3) is 0 Å². The Bertz CT molecular complexity index is 841. The zero-order chi connectivity index (χ0) is 14.2. The number of rotatable bonds is 2. The Hall–Kier alpha value is -2.68. The molecule has 0 saturated carbocycles. The molecule has 4 rings (SSSR count). The zero-order valence-electron chi connectivity index (χ0n) is 11.3. The quantitative estimate of drug-likeness (QED) is 0.670. The highest BCUT2D eigenvalue weighted by molar-refractivity contribution is 5.94. The van der Waals surface area contributed by atoms with Gasteiger partial charge >= 0.3 is 5.97 Å². The molecule has 0 spiro atoms. The summed E-state index contributed by atoms with van der Waals surface area (Å²) in [5.41, 5.74) is 3.52. The van der Waals surface area contributed by atoms with E-state index in [1.807, 2.05) is 54.6 Å². The smallest absolute Gasteiger partial charge is 0.339 e. The van der Waals surface area contributed by atoms with Gasteiger partial charge in [-0.25, -0.2) is 4.79 Å². The minimum absolute atomic E-state index is 0.234. The monoisotopic (exact) mass is 275 g/mol. The molecular formula is C18H13NO2. The van der Waals surface area contributed by atoms with E-state index in [0.717, 1.165) is 22.2 Å². The third kappa shape index (κ3) is 2.07. The van der Waals surface area contributed by atoms with Crippen LogP contribution in [0.2, 0.25) is 0 Å². The second kappa shape index (κ2) is 4.70. The molecule has 0 saturated heterocycles. The molecule has 2 heterocycles. The van der Waals surface area contributed by atoms with Gasteiger partial charge in [0.15, 0.2) is 0 Å². The van der Waals surface area contributed by atoms with E-state index >= 15 is 0 Å². The Morgan fingerprint density at radius 2 is 1.76 bits per heavy atom. The standard InChI is InChI=1S/C18H13NO2/c20-18-15-7-3-2-6-14(15)17(21-18)11-13-10-9-12-5-1-4-8-16(12)19-13/h1-10,17H,11H2. The van der Waals surface area contributed by atoms with E-state index in [4.69, 9.17) is 4.74 Å².